The fourth-order valence-electron chi connectivity index (χ4n) is 4.70. The van der Waals surface area contributed by atoms with E-state index in [0.717, 1.165) is 6.07 Å². The Morgan fingerprint density at radius 2 is 1.70 bits per heavy atom. The molecule has 1 aromatic heterocycles. The van der Waals surface area contributed by atoms with Crippen molar-refractivity contribution in [3.05, 3.63) is 53.5 Å². The molecule has 1 aromatic carbocycles. The van der Waals surface area contributed by atoms with Gasteiger partial charge in [-0.25, -0.2) is 14.8 Å². The molecule has 1 saturated carbocycles. The van der Waals surface area contributed by atoms with E-state index in [0.29, 0.717) is 31.5 Å². The number of carbonyl (C=O) groups excluding carboxylic acids is 2. The monoisotopic (exact) mass is 418 g/mol. The van der Waals surface area contributed by atoms with Gasteiger partial charge in [0.05, 0.1) is 5.56 Å². The molecule has 6 nitrogen and oxygen atoms in total. The van der Waals surface area contributed by atoms with Crippen molar-refractivity contribution in [1.29, 1.82) is 0 Å². The highest BCUT2D eigenvalue weighted by molar-refractivity contribution is 6.00. The summed E-state index contributed by atoms with van der Waals surface area (Å²) < 4.78 is 40.1. The van der Waals surface area contributed by atoms with E-state index in [-0.39, 0.29) is 41.1 Å². The largest absolute Gasteiger partial charge is 0.416 e. The van der Waals surface area contributed by atoms with Crippen molar-refractivity contribution >= 4 is 17.6 Å². The SMILES string of the molecule is CC(=O)c1nccnc1NC(=O)N1C[C@H]2C[C@@H](c3ccccc3C(F)(F)F)C[C@H]2C1. The van der Waals surface area contributed by atoms with Crippen molar-refractivity contribution in [3.8, 4) is 0 Å². The van der Waals surface area contributed by atoms with Gasteiger partial charge in [0.25, 0.3) is 0 Å². The number of fused-ring (bicyclic) bond motifs is 1. The molecular weight excluding hydrogens is 397 g/mol. The van der Waals surface area contributed by atoms with Crippen LogP contribution in [0.25, 0.3) is 0 Å². The Morgan fingerprint density at radius 1 is 1.07 bits per heavy atom. The Kier molecular flexibility index (Phi) is 5.21. The van der Waals surface area contributed by atoms with Crippen LogP contribution in [0.15, 0.2) is 36.7 Å². The number of urea groups is 1. The zero-order chi connectivity index (χ0) is 21.5. The smallest absolute Gasteiger partial charge is 0.324 e. The van der Waals surface area contributed by atoms with Gasteiger partial charge < -0.3 is 4.90 Å². The van der Waals surface area contributed by atoms with Gasteiger partial charge in [-0.15, -0.1) is 0 Å². The van der Waals surface area contributed by atoms with E-state index in [1.807, 2.05) is 0 Å². The number of benzene rings is 1. The van der Waals surface area contributed by atoms with Crippen LogP contribution in [0.5, 0.6) is 0 Å². The average Bonchev–Trinajstić information content (AvgIpc) is 3.27. The first-order valence-corrected chi connectivity index (χ1v) is 9.78. The van der Waals surface area contributed by atoms with Crippen LogP contribution in [0.1, 0.15) is 47.3 Å². The second-order valence-corrected chi connectivity index (χ2v) is 7.92. The molecule has 2 amide bonds. The number of alkyl halides is 3. The van der Waals surface area contributed by atoms with E-state index in [1.54, 1.807) is 17.0 Å². The van der Waals surface area contributed by atoms with Gasteiger partial charge in [-0.2, -0.15) is 13.2 Å². The van der Waals surface area contributed by atoms with Gasteiger partial charge in [0, 0.05) is 32.4 Å². The zero-order valence-corrected chi connectivity index (χ0v) is 16.3. The molecule has 2 heterocycles. The van der Waals surface area contributed by atoms with Crippen molar-refractivity contribution in [1.82, 2.24) is 14.9 Å². The fraction of sp³-hybridized carbons (Fsp3) is 0.429. The molecule has 4 rings (SSSR count). The highest BCUT2D eigenvalue weighted by Gasteiger charge is 2.45. The van der Waals surface area contributed by atoms with Crippen LogP contribution in [0.3, 0.4) is 0 Å². The highest BCUT2D eigenvalue weighted by atomic mass is 19.4. The van der Waals surface area contributed by atoms with E-state index in [1.165, 1.54) is 25.4 Å². The zero-order valence-electron chi connectivity index (χ0n) is 16.3. The number of hydrogen-bond donors (Lipinski definition) is 1. The van der Waals surface area contributed by atoms with Gasteiger partial charge >= 0.3 is 12.2 Å². The second-order valence-electron chi connectivity index (χ2n) is 7.92. The molecule has 1 aliphatic carbocycles. The van der Waals surface area contributed by atoms with Crippen molar-refractivity contribution < 1.29 is 22.8 Å². The first-order valence-electron chi connectivity index (χ1n) is 9.78. The minimum Gasteiger partial charge on any atom is -0.324 e. The molecule has 1 aliphatic heterocycles. The Hall–Kier alpha value is -2.97. The maximum Gasteiger partial charge on any atom is 0.416 e. The van der Waals surface area contributed by atoms with E-state index >= 15 is 0 Å². The number of ketones is 1. The lowest BCUT2D eigenvalue weighted by atomic mass is 9.91. The molecule has 2 fully saturated rings. The summed E-state index contributed by atoms with van der Waals surface area (Å²) in [6.07, 6.45) is -0.364. The number of hydrogen-bond acceptors (Lipinski definition) is 4. The Bertz CT molecular complexity index is 965. The van der Waals surface area contributed by atoms with Crippen molar-refractivity contribution in [2.24, 2.45) is 11.8 Å². The third-order valence-electron chi connectivity index (χ3n) is 6.00. The lowest BCUT2D eigenvalue weighted by Crippen LogP contribution is -2.34. The number of rotatable bonds is 3. The second kappa shape index (κ2) is 7.70. The van der Waals surface area contributed by atoms with Gasteiger partial charge in [0.2, 0.25) is 0 Å². The maximum atomic E-state index is 13.4. The van der Waals surface area contributed by atoms with Crippen LogP contribution >= 0.6 is 0 Å². The summed E-state index contributed by atoms with van der Waals surface area (Å²) in [5.41, 5.74) is -0.126. The summed E-state index contributed by atoms with van der Waals surface area (Å²) >= 11 is 0. The van der Waals surface area contributed by atoms with Crippen LogP contribution in [0, 0.1) is 11.8 Å². The minimum absolute atomic E-state index is 0.0917. The predicted molar refractivity (Wildman–Crippen MR) is 103 cm³/mol. The van der Waals surface area contributed by atoms with E-state index in [4.69, 9.17) is 0 Å². The van der Waals surface area contributed by atoms with Gasteiger partial charge in [0.15, 0.2) is 11.6 Å². The Labute approximate surface area is 171 Å². The van der Waals surface area contributed by atoms with Crippen molar-refractivity contribution in [2.75, 3.05) is 18.4 Å². The molecule has 0 radical (unpaired) electrons. The summed E-state index contributed by atoms with van der Waals surface area (Å²) in [6.45, 7) is 2.28. The molecule has 0 bridgehead atoms. The first kappa shape index (κ1) is 20.3. The van der Waals surface area contributed by atoms with E-state index in [2.05, 4.69) is 15.3 Å². The summed E-state index contributed by atoms with van der Waals surface area (Å²) in [4.78, 5) is 33.9. The molecule has 158 valence electrons. The Balaban J connectivity index is 1.42. The predicted octanol–water partition coefficient (Wildman–Crippen LogP) is 4.36. The number of Topliss-reactive ketones (excluding diaryl/α,β-unsaturated/α-hetero) is 1. The number of nitrogens with one attached hydrogen (secondary N) is 1. The number of likely N-dealkylation sites (tertiary alicyclic amines) is 1. The minimum atomic E-state index is -4.37. The fourth-order valence-corrected chi connectivity index (χ4v) is 4.70. The number of nitrogens with zero attached hydrogens (tertiary/aromatic N) is 3. The Morgan fingerprint density at radius 3 is 2.33 bits per heavy atom. The van der Waals surface area contributed by atoms with Gasteiger partial charge in [0.1, 0.15) is 5.69 Å². The van der Waals surface area contributed by atoms with Crippen LogP contribution in [-0.2, 0) is 6.18 Å². The third kappa shape index (κ3) is 3.88. The van der Waals surface area contributed by atoms with Gasteiger partial charge in [-0.3, -0.25) is 10.1 Å². The van der Waals surface area contributed by atoms with Gasteiger partial charge in [-0.1, -0.05) is 18.2 Å². The quantitative estimate of drug-likeness (QED) is 0.752. The molecule has 9 heteroatoms. The van der Waals surface area contributed by atoms with Crippen LogP contribution < -0.4 is 5.32 Å². The molecular formula is C21H21F3N4O2. The maximum absolute atomic E-state index is 13.4. The third-order valence-corrected chi connectivity index (χ3v) is 6.00. The molecule has 3 atom stereocenters. The number of anilines is 1. The summed E-state index contributed by atoms with van der Waals surface area (Å²) in [5, 5.41) is 2.64. The molecule has 1 saturated heterocycles. The summed E-state index contributed by atoms with van der Waals surface area (Å²) in [6, 6.07) is 5.38. The van der Waals surface area contributed by atoms with Crippen LogP contribution in [0.2, 0.25) is 0 Å². The molecule has 2 aliphatic rings. The first-order chi connectivity index (χ1) is 14.2. The highest BCUT2D eigenvalue weighted by Crippen LogP contribution is 2.48. The molecule has 1 N–H and O–H groups in total. The normalized spacial score (nSPS) is 23.3. The topological polar surface area (TPSA) is 75.2 Å². The molecule has 2 aromatic rings. The number of aromatic nitrogens is 2. The van der Waals surface area contributed by atoms with Gasteiger partial charge in [-0.05, 0) is 42.2 Å². The van der Waals surface area contributed by atoms with Crippen molar-refractivity contribution in [3.63, 3.8) is 0 Å². The summed E-state index contributed by atoms with van der Waals surface area (Å²) in [5.74, 6) is -0.0494. The number of carbonyl (C=O) groups is 2. The average molecular weight is 418 g/mol. The number of halogens is 3. The molecule has 30 heavy (non-hydrogen) atoms. The number of amides is 2. The van der Waals surface area contributed by atoms with E-state index < -0.39 is 11.7 Å². The van der Waals surface area contributed by atoms with E-state index in [9.17, 15) is 22.8 Å². The molecule has 0 spiro atoms. The summed E-state index contributed by atoms with van der Waals surface area (Å²) in [7, 11) is 0. The lowest BCUT2D eigenvalue weighted by molar-refractivity contribution is -0.138. The molecule has 0 unspecified atom stereocenters. The van der Waals surface area contributed by atoms with Crippen LogP contribution in [-0.4, -0.2) is 39.8 Å². The van der Waals surface area contributed by atoms with Crippen LogP contribution in [0.4, 0.5) is 23.8 Å². The van der Waals surface area contributed by atoms with Crippen molar-refractivity contribution in [2.45, 2.75) is 31.9 Å². The lowest BCUT2D eigenvalue weighted by Gasteiger charge is -2.22. The standard InChI is InChI=1S/C21H21F3N4O2/c1-12(29)18-19(26-7-6-25-18)27-20(30)28-10-14-8-13(9-15(14)11-28)16-4-2-3-5-17(16)21(22,23)24/h2-7,13-15H,8-11H2,1H3,(H,26,27,30)/t13-,14-,15+.